The molecule has 21 heavy (non-hydrogen) atoms. The Morgan fingerprint density at radius 1 is 1.33 bits per heavy atom. The fraction of sp³-hybridized carbons (Fsp3) is 0.133. The molecule has 0 bridgehead atoms. The molecule has 1 amide bonds. The van der Waals surface area contributed by atoms with Crippen LogP contribution < -0.4 is 4.90 Å². The molecule has 0 radical (unpaired) electrons. The summed E-state index contributed by atoms with van der Waals surface area (Å²) < 4.78 is 1.63. The normalized spacial score (nSPS) is 10.8. The fourth-order valence-electron chi connectivity index (χ4n) is 1.87. The van der Waals surface area contributed by atoms with Crippen LogP contribution in [0.25, 0.3) is 6.08 Å². The van der Waals surface area contributed by atoms with E-state index in [2.05, 4.69) is 5.10 Å². The Morgan fingerprint density at radius 3 is 2.67 bits per heavy atom. The fourth-order valence-corrected chi connectivity index (χ4v) is 1.87. The first-order valence-corrected chi connectivity index (χ1v) is 6.26. The van der Waals surface area contributed by atoms with E-state index in [1.165, 1.54) is 24.1 Å². The highest BCUT2D eigenvalue weighted by molar-refractivity contribution is 6.07. The van der Waals surface area contributed by atoms with E-state index in [0.29, 0.717) is 5.69 Å². The third-order valence-corrected chi connectivity index (χ3v) is 2.97. The van der Waals surface area contributed by atoms with E-state index in [1.807, 2.05) is 0 Å². The molecule has 1 aromatic carbocycles. The van der Waals surface area contributed by atoms with Gasteiger partial charge >= 0.3 is 5.97 Å². The number of carbonyl (C=O) groups is 2. The second-order valence-corrected chi connectivity index (χ2v) is 4.50. The van der Waals surface area contributed by atoms with Crippen LogP contribution in [0, 0.1) is 0 Å². The van der Waals surface area contributed by atoms with E-state index in [4.69, 9.17) is 5.11 Å². The topological polar surface area (TPSA) is 75.4 Å². The summed E-state index contributed by atoms with van der Waals surface area (Å²) in [6.45, 7) is 0. The number of aromatic carboxylic acids is 1. The lowest BCUT2D eigenvalue weighted by Crippen LogP contribution is -2.25. The largest absolute Gasteiger partial charge is 0.478 e. The van der Waals surface area contributed by atoms with Crippen LogP contribution in [0.15, 0.2) is 42.7 Å². The maximum absolute atomic E-state index is 12.1. The highest BCUT2D eigenvalue weighted by Crippen LogP contribution is 2.19. The van der Waals surface area contributed by atoms with Crippen LogP contribution in [0.5, 0.6) is 0 Å². The number of hydrogen-bond donors (Lipinski definition) is 1. The molecular weight excluding hydrogens is 270 g/mol. The molecule has 2 rings (SSSR count). The average molecular weight is 285 g/mol. The number of aryl methyl sites for hydroxylation is 1. The van der Waals surface area contributed by atoms with Crippen molar-refractivity contribution in [2.45, 2.75) is 0 Å². The Morgan fingerprint density at radius 2 is 2.05 bits per heavy atom. The van der Waals surface area contributed by atoms with Crippen molar-refractivity contribution in [3.8, 4) is 0 Å². The van der Waals surface area contributed by atoms with Crippen molar-refractivity contribution in [3.63, 3.8) is 0 Å². The van der Waals surface area contributed by atoms with E-state index >= 15 is 0 Å². The maximum Gasteiger partial charge on any atom is 0.337 e. The van der Waals surface area contributed by atoms with E-state index in [9.17, 15) is 9.59 Å². The van der Waals surface area contributed by atoms with Gasteiger partial charge in [-0.25, -0.2) is 4.79 Å². The van der Waals surface area contributed by atoms with Crippen LogP contribution in [-0.4, -0.2) is 33.8 Å². The van der Waals surface area contributed by atoms with Crippen LogP contribution >= 0.6 is 0 Å². The van der Waals surface area contributed by atoms with Crippen LogP contribution in [0.3, 0.4) is 0 Å². The van der Waals surface area contributed by atoms with Crippen LogP contribution in [0.4, 0.5) is 5.69 Å². The summed E-state index contributed by atoms with van der Waals surface area (Å²) in [5.74, 6) is -1.38. The molecule has 0 spiro atoms. The van der Waals surface area contributed by atoms with Crippen molar-refractivity contribution >= 4 is 23.6 Å². The number of benzene rings is 1. The molecule has 2 aromatic rings. The molecule has 1 aromatic heterocycles. The van der Waals surface area contributed by atoms with Gasteiger partial charge in [0.05, 0.1) is 17.4 Å². The molecule has 0 saturated heterocycles. The molecule has 0 aliphatic carbocycles. The lowest BCUT2D eigenvalue weighted by Gasteiger charge is -2.17. The third-order valence-electron chi connectivity index (χ3n) is 2.97. The molecular formula is C15H15N3O3. The number of amides is 1. The summed E-state index contributed by atoms with van der Waals surface area (Å²) in [5, 5.41) is 13.1. The van der Waals surface area contributed by atoms with E-state index in [-0.39, 0.29) is 11.5 Å². The second-order valence-electron chi connectivity index (χ2n) is 4.50. The van der Waals surface area contributed by atoms with Crippen LogP contribution in [0.1, 0.15) is 15.9 Å². The summed E-state index contributed by atoms with van der Waals surface area (Å²) in [4.78, 5) is 24.6. The summed E-state index contributed by atoms with van der Waals surface area (Å²) >= 11 is 0. The Balaban J connectivity index is 2.20. The number of rotatable bonds is 4. The second kappa shape index (κ2) is 6.04. The minimum Gasteiger partial charge on any atom is -0.478 e. The quantitative estimate of drug-likeness (QED) is 0.869. The van der Waals surface area contributed by atoms with E-state index in [0.717, 1.165) is 5.56 Å². The van der Waals surface area contributed by atoms with E-state index in [1.54, 1.807) is 48.4 Å². The number of aromatic nitrogens is 2. The van der Waals surface area contributed by atoms with Gasteiger partial charge in [0.2, 0.25) is 0 Å². The SMILES string of the molecule is CN(C(=O)/C=C/c1cnn(C)c1)c1ccccc1C(=O)O. The van der Waals surface area contributed by atoms with Gasteiger partial charge in [0.1, 0.15) is 0 Å². The van der Waals surface area contributed by atoms with Crippen LogP contribution in [0.2, 0.25) is 0 Å². The van der Waals surface area contributed by atoms with Gasteiger partial charge in [0.15, 0.2) is 0 Å². The first kappa shape index (κ1) is 14.5. The zero-order valence-electron chi connectivity index (χ0n) is 11.7. The Labute approximate surface area is 121 Å². The molecule has 1 N–H and O–H groups in total. The maximum atomic E-state index is 12.1. The highest BCUT2D eigenvalue weighted by atomic mass is 16.4. The van der Waals surface area contributed by atoms with Crippen molar-refractivity contribution in [1.29, 1.82) is 0 Å². The molecule has 0 aliphatic rings. The van der Waals surface area contributed by atoms with Crippen molar-refractivity contribution in [2.24, 2.45) is 7.05 Å². The van der Waals surface area contributed by atoms with Gasteiger partial charge in [-0.3, -0.25) is 9.48 Å². The predicted octanol–water partition coefficient (Wildman–Crippen LogP) is 1.79. The van der Waals surface area contributed by atoms with Crippen molar-refractivity contribution in [3.05, 3.63) is 53.9 Å². The summed E-state index contributed by atoms with van der Waals surface area (Å²) in [6, 6.07) is 6.37. The highest BCUT2D eigenvalue weighted by Gasteiger charge is 2.15. The zero-order chi connectivity index (χ0) is 15.4. The van der Waals surface area contributed by atoms with Crippen LogP contribution in [-0.2, 0) is 11.8 Å². The summed E-state index contributed by atoms with van der Waals surface area (Å²) in [6.07, 6.45) is 6.43. The van der Waals surface area contributed by atoms with Gasteiger partial charge in [-0.1, -0.05) is 12.1 Å². The third kappa shape index (κ3) is 3.36. The van der Waals surface area contributed by atoms with Gasteiger partial charge in [-0.2, -0.15) is 5.10 Å². The molecule has 0 unspecified atom stereocenters. The number of likely N-dealkylation sites (N-methyl/N-ethyl adjacent to an activating group) is 1. The Kier molecular flexibility index (Phi) is 4.18. The molecule has 6 heteroatoms. The summed E-state index contributed by atoms with van der Waals surface area (Å²) in [7, 11) is 3.33. The van der Waals surface area contributed by atoms with Gasteiger partial charge in [0, 0.05) is 31.9 Å². The van der Waals surface area contributed by atoms with Crippen molar-refractivity contribution in [2.75, 3.05) is 11.9 Å². The van der Waals surface area contributed by atoms with Crippen molar-refractivity contribution < 1.29 is 14.7 Å². The molecule has 1 heterocycles. The smallest absolute Gasteiger partial charge is 0.337 e. The number of nitrogens with zero attached hydrogens (tertiary/aromatic N) is 3. The van der Waals surface area contributed by atoms with Gasteiger partial charge in [-0.15, -0.1) is 0 Å². The number of carbonyl (C=O) groups excluding carboxylic acids is 1. The predicted molar refractivity (Wildman–Crippen MR) is 79.1 cm³/mol. The van der Waals surface area contributed by atoms with Crippen molar-refractivity contribution in [1.82, 2.24) is 9.78 Å². The zero-order valence-corrected chi connectivity index (χ0v) is 11.7. The molecule has 0 saturated carbocycles. The molecule has 108 valence electrons. The minimum absolute atomic E-state index is 0.0862. The molecule has 0 atom stereocenters. The number of para-hydroxylation sites is 1. The molecule has 0 aliphatic heterocycles. The van der Waals surface area contributed by atoms with Gasteiger partial charge in [-0.05, 0) is 18.2 Å². The lowest BCUT2D eigenvalue weighted by atomic mass is 10.1. The standard InChI is InChI=1S/C15H15N3O3/c1-17-10-11(9-16-17)7-8-14(19)18(2)13-6-4-3-5-12(13)15(20)21/h3-10H,1-2H3,(H,20,21)/b8-7+. The van der Waals surface area contributed by atoms with E-state index < -0.39 is 5.97 Å². The monoisotopic (exact) mass is 285 g/mol. The minimum atomic E-state index is -1.07. The number of carboxylic acid groups (broad SMARTS) is 1. The summed E-state index contributed by atoms with van der Waals surface area (Å²) in [5.41, 5.74) is 1.24. The number of hydrogen-bond acceptors (Lipinski definition) is 3. The number of carboxylic acids is 1. The molecule has 0 fully saturated rings. The first-order chi connectivity index (χ1) is 9.99. The first-order valence-electron chi connectivity index (χ1n) is 6.26. The Hall–Kier alpha value is -2.89. The van der Waals surface area contributed by atoms with Gasteiger partial charge in [0.25, 0.3) is 5.91 Å². The lowest BCUT2D eigenvalue weighted by molar-refractivity contribution is -0.113. The molecule has 6 nitrogen and oxygen atoms in total. The van der Waals surface area contributed by atoms with Gasteiger partial charge < -0.3 is 10.0 Å². The number of anilines is 1. The Bertz CT molecular complexity index is 704. The average Bonchev–Trinajstić information content (AvgIpc) is 2.89.